The van der Waals surface area contributed by atoms with Crippen molar-refractivity contribution in [3.05, 3.63) is 89.2 Å². The molecule has 1 fully saturated rings. The number of nitrogens with one attached hydrogen (secondary N) is 1. The van der Waals surface area contributed by atoms with Gasteiger partial charge in [0.25, 0.3) is 5.91 Å². The molecule has 4 rings (SSSR count). The monoisotopic (exact) mass is 456 g/mol. The van der Waals surface area contributed by atoms with E-state index < -0.39 is 5.82 Å². The molecule has 0 heterocycles. The van der Waals surface area contributed by atoms with Crippen molar-refractivity contribution in [1.29, 1.82) is 0 Å². The predicted molar refractivity (Wildman–Crippen MR) is 124 cm³/mol. The van der Waals surface area contributed by atoms with E-state index in [-0.39, 0.29) is 41.8 Å². The average Bonchev–Trinajstić information content (AvgIpc) is 3.60. The Labute approximate surface area is 193 Å². The normalized spacial score (nSPS) is 13.6. The van der Waals surface area contributed by atoms with Crippen LogP contribution in [0.4, 0.5) is 4.39 Å². The molecule has 0 saturated heterocycles. The minimum Gasteiger partial charge on any atom is -0.493 e. The number of nitrogens with two attached hydrogens (primary N) is 1. The van der Waals surface area contributed by atoms with Crippen molar-refractivity contribution in [2.75, 3.05) is 13.7 Å². The Morgan fingerprint density at radius 3 is 2.38 bits per heavy atom. The SMILES string of the molecule is COc1ccc(C(=O)NCC2(c3ccccc3)CC2)cc1Oc1ccc(CN)cc1F.Cl. The van der Waals surface area contributed by atoms with E-state index in [1.165, 1.54) is 24.8 Å². The minimum atomic E-state index is -0.529. The van der Waals surface area contributed by atoms with E-state index in [4.69, 9.17) is 15.2 Å². The third-order valence-corrected chi connectivity index (χ3v) is 5.70. The Kier molecular flexibility index (Phi) is 7.38. The number of methoxy groups -OCH3 is 1. The molecule has 1 saturated carbocycles. The molecule has 0 spiro atoms. The van der Waals surface area contributed by atoms with Crippen LogP contribution in [0.3, 0.4) is 0 Å². The van der Waals surface area contributed by atoms with Gasteiger partial charge in [0.15, 0.2) is 23.1 Å². The summed E-state index contributed by atoms with van der Waals surface area (Å²) < 4.78 is 25.4. The molecule has 3 aromatic rings. The molecule has 0 bridgehead atoms. The Morgan fingerprint density at radius 1 is 1.03 bits per heavy atom. The van der Waals surface area contributed by atoms with Gasteiger partial charge in [0.1, 0.15) is 0 Å². The molecule has 5 nitrogen and oxygen atoms in total. The summed E-state index contributed by atoms with van der Waals surface area (Å²) in [4.78, 5) is 12.8. The molecule has 0 aromatic heterocycles. The summed E-state index contributed by atoms with van der Waals surface area (Å²) in [5.41, 5.74) is 7.88. The first-order chi connectivity index (χ1) is 15.0. The number of carbonyl (C=O) groups excluding carboxylic acids is 1. The van der Waals surface area contributed by atoms with Crippen molar-refractivity contribution < 1.29 is 18.7 Å². The van der Waals surface area contributed by atoms with Gasteiger partial charge in [-0.1, -0.05) is 36.4 Å². The zero-order valence-corrected chi connectivity index (χ0v) is 18.6. The van der Waals surface area contributed by atoms with Crippen molar-refractivity contribution in [2.45, 2.75) is 24.8 Å². The maximum absolute atomic E-state index is 14.3. The van der Waals surface area contributed by atoms with Crippen molar-refractivity contribution in [3.8, 4) is 17.2 Å². The second-order valence-electron chi connectivity index (χ2n) is 7.77. The first-order valence-corrected chi connectivity index (χ1v) is 10.2. The molecule has 3 aromatic carbocycles. The lowest BCUT2D eigenvalue weighted by molar-refractivity contribution is 0.0949. The lowest BCUT2D eigenvalue weighted by Gasteiger charge is -2.17. The van der Waals surface area contributed by atoms with Gasteiger partial charge >= 0.3 is 0 Å². The highest BCUT2D eigenvalue weighted by Crippen LogP contribution is 2.47. The number of hydrogen-bond acceptors (Lipinski definition) is 4. The molecule has 0 aliphatic heterocycles. The molecular weight excluding hydrogens is 431 g/mol. The summed E-state index contributed by atoms with van der Waals surface area (Å²) in [5.74, 6) is -0.0401. The molecular formula is C25H26ClFN2O3. The first kappa shape index (κ1) is 23.6. The van der Waals surface area contributed by atoms with E-state index in [1.54, 1.807) is 24.3 Å². The van der Waals surface area contributed by atoms with Gasteiger partial charge in [0, 0.05) is 24.1 Å². The fraction of sp³-hybridized carbons (Fsp3) is 0.240. The minimum absolute atomic E-state index is 0. The molecule has 3 N–H and O–H groups in total. The first-order valence-electron chi connectivity index (χ1n) is 10.2. The van der Waals surface area contributed by atoms with Crippen LogP contribution in [0.25, 0.3) is 0 Å². The van der Waals surface area contributed by atoms with E-state index >= 15 is 0 Å². The summed E-state index contributed by atoms with van der Waals surface area (Å²) in [7, 11) is 1.49. The quantitative estimate of drug-likeness (QED) is 0.502. The topological polar surface area (TPSA) is 73.6 Å². The summed E-state index contributed by atoms with van der Waals surface area (Å²) in [6, 6.07) is 19.6. The Morgan fingerprint density at radius 2 is 1.75 bits per heavy atom. The predicted octanol–water partition coefficient (Wildman–Crippen LogP) is 4.97. The van der Waals surface area contributed by atoms with Crippen LogP contribution in [-0.4, -0.2) is 19.6 Å². The highest BCUT2D eigenvalue weighted by atomic mass is 35.5. The Balaban J connectivity index is 0.00000289. The van der Waals surface area contributed by atoms with Crippen LogP contribution in [0.5, 0.6) is 17.2 Å². The molecule has 0 unspecified atom stereocenters. The third-order valence-electron chi connectivity index (χ3n) is 5.70. The highest BCUT2D eigenvalue weighted by Gasteiger charge is 2.44. The van der Waals surface area contributed by atoms with Gasteiger partial charge in [-0.15, -0.1) is 12.4 Å². The van der Waals surface area contributed by atoms with Crippen molar-refractivity contribution in [2.24, 2.45) is 5.73 Å². The third kappa shape index (κ3) is 5.03. The summed E-state index contributed by atoms with van der Waals surface area (Å²) >= 11 is 0. The van der Waals surface area contributed by atoms with Gasteiger partial charge in [-0.3, -0.25) is 4.79 Å². The number of benzene rings is 3. The van der Waals surface area contributed by atoms with E-state index in [2.05, 4.69) is 17.4 Å². The number of rotatable bonds is 8. The molecule has 0 radical (unpaired) electrons. The number of hydrogen-bond donors (Lipinski definition) is 2. The standard InChI is InChI=1S/C25H25FN2O3.ClH/c1-30-22-10-8-18(14-23(22)31-21-9-7-17(15-27)13-20(21)26)24(29)28-16-25(11-12-25)19-5-3-2-4-6-19;/h2-10,13-14H,11-12,15-16,27H2,1H3,(H,28,29);1H. The van der Waals surface area contributed by atoms with Gasteiger partial charge in [0.05, 0.1) is 7.11 Å². The largest absolute Gasteiger partial charge is 0.493 e. The zero-order chi connectivity index (χ0) is 21.8. The fourth-order valence-corrected chi connectivity index (χ4v) is 3.63. The molecule has 168 valence electrons. The van der Waals surface area contributed by atoms with Crippen molar-refractivity contribution >= 4 is 18.3 Å². The van der Waals surface area contributed by atoms with Crippen LogP contribution < -0.4 is 20.5 Å². The van der Waals surface area contributed by atoms with Crippen molar-refractivity contribution in [3.63, 3.8) is 0 Å². The lowest BCUT2D eigenvalue weighted by Crippen LogP contribution is -2.32. The molecule has 1 aliphatic rings. The summed E-state index contributed by atoms with van der Waals surface area (Å²) in [5, 5.41) is 3.03. The number of ether oxygens (including phenoxy) is 2. The van der Waals surface area contributed by atoms with Crippen LogP contribution in [0, 0.1) is 5.82 Å². The second kappa shape index (κ2) is 10.0. The lowest BCUT2D eigenvalue weighted by atomic mass is 9.96. The number of carbonyl (C=O) groups is 1. The van der Waals surface area contributed by atoms with Gasteiger partial charge in [-0.25, -0.2) is 4.39 Å². The van der Waals surface area contributed by atoms with E-state index in [1.807, 2.05) is 18.2 Å². The van der Waals surface area contributed by atoms with Crippen LogP contribution in [0.15, 0.2) is 66.7 Å². The zero-order valence-electron chi connectivity index (χ0n) is 17.8. The maximum Gasteiger partial charge on any atom is 0.251 e. The van der Waals surface area contributed by atoms with Gasteiger partial charge in [0.2, 0.25) is 0 Å². The molecule has 7 heteroatoms. The van der Waals surface area contributed by atoms with Crippen LogP contribution >= 0.6 is 12.4 Å². The Hall–Kier alpha value is -3.09. The van der Waals surface area contributed by atoms with Crippen molar-refractivity contribution in [1.82, 2.24) is 5.32 Å². The fourth-order valence-electron chi connectivity index (χ4n) is 3.63. The van der Waals surface area contributed by atoms with E-state index in [0.29, 0.717) is 23.4 Å². The average molecular weight is 457 g/mol. The van der Waals surface area contributed by atoms with E-state index in [0.717, 1.165) is 12.8 Å². The van der Waals surface area contributed by atoms with Gasteiger partial charge in [-0.05, 0) is 54.3 Å². The number of halogens is 2. The summed E-state index contributed by atoms with van der Waals surface area (Å²) in [6.07, 6.45) is 2.10. The van der Waals surface area contributed by atoms with Crippen LogP contribution in [0.1, 0.15) is 34.3 Å². The molecule has 1 amide bonds. The second-order valence-corrected chi connectivity index (χ2v) is 7.77. The van der Waals surface area contributed by atoms with Crippen LogP contribution in [0.2, 0.25) is 0 Å². The van der Waals surface area contributed by atoms with Crippen LogP contribution in [-0.2, 0) is 12.0 Å². The van der Waals surface area contributed by atoms with Gasteiger partial charge < -0.3 is 20.5 Å². The molecule has 32 heavy (non-hydrogen) atoms. The highest BCUT2D eigenvalue weighted by molar-refractivity contribution is 5.95. The molecule has 1 aliphatic carbocycles. The smallest absolute Gasteiger partial charge is 0.251 e. The van der Waals surface area contributed by atoms with E-state index in [9.17, 15) is 9.18 Å². The maximum atomic E-state index is 14.3. The summed E-state index contributed by atoms with van der Waals surface area (Å²) in [6.45, 7) is 0.799. The Bertz CT molecular complexity index is 1090. The number of amides is 1. The molecule has 0 atom stereocenters. The van der Waals surface area contributed by atoms with Gasteiger partial charge in [-0.2, -0.15) is 0 Å².